The summed E-state index contributed by atoms with van der Waals surface area (Å²) >= 11 is 5.45. The van der Waals surface area contributed by atoms with Crippen LogP contribution in [0.3, 0.4) is 0 Å². The number of rotatable bonds is 3. The number of benzene rings is 4. The molecule has 0 unspecified atom stereocenters. The van der Waals surface area contributed by atoms with Crippen LogP contribution in [0.25, 0.3) is 11.1 Å². The van der Waals surface area contributed by atoms with Crippen molar-refractivity contribution in [3.8, 4) is 11.1 Å². The Balaban J connectivity index is 1.43. The van der Waals surface area contributed by atoms with Crippen LogP contribution in [0.4, 0.5) is 0 Å². The third kappa shape index (κ3) is 3.13. The van der Waals surface area contributed by atoms with E-state index in [-0.39, 0.29) is 0 Å². The molecule has 0 spiro atoms. The highest BCUT2D eigenvalue weighted by atomic mass is 79.9. The summed E-state index contributed by atoms with van der Waals surface area (Å²) in [6.45, 7) is 9.32. The molecule has 0 saturated heterocycles. The molecule has 0 bridgehead atoms. The van der Waals surface area contributed by atoms with E-state index >= 15 is 0 Å². The van der Waals surface area contributed by atoms with Crippen molar-refractivity contribution in [2.45, 2.75) is 43.9 Å². The van der Waals surface area contributed by atoms with E-state index in [4.69, 9.17) is 0 Å². The third-order valence-electron chi connectivity index (χ3n) is 6.99. The van der Waals surface area contributed by atoms with Crippen molar-refractivity contribution in [1.82, 2.24) is 0 Å². The molecule has 156 valence electrons. The molecule has 3 heteroatoms. The van der Waals surface area contributed by atoms with Crippen LogP contribution >= 0.6 is 27.7 Å². The topological polar surface area (TPSA) is 0 Å². The molecule has 0 fully saturated rings. The molecule has 2 aliphatic carbocycles. The predicted octanol–water partition coefficient (Wildman–Crippen LogP) is 6.23. The van der Waals surface area contributed by atoms with Gasteiger partial charge in [0.15, 0.2) is 0 Å². The third-order valence-corrected chi connectivity index (χ3v) is 8.71. The average Bonchev–Trinajstić information content (AvgIpc) is 2.73. The Bertz CT molecular complexity index is 1360. The lowest BCUT2D eigenvalue weighted by Crippen LogP contribution is -2.58. The van der Waals surface area contributed by atoms with Crippen LogP contribution in [0.5, 0.6) is 0 Å². The highest BCUT2D eigenvalue weighted by molar-refractivity contribution is 9.10. The van der Waals surface area contributed by atoms with Gasteiger partial charge in [-0.2, -0.15) is 0 Å². The molecule has 0 nitrogen and oxygen atoms in total. The Kier molecular flexibility index (Phi) is 4.71. The first-order valence-corrected chi connectivity index (χ1v) is 12.8. The van der Waals surface area contributed by atoms with Crippen LogP contribution in [-0.2, 0) is 6.42 Å². The zero-order valence-electron chi connectivity index (χ0n) is 18.8. The highest BCUT2D eigenvalue weighted by Crippen LogP contribution is 2.50. The van der Waals surface area contributed by atoms with Crippen molar-refractivity contribution in [2.75, 3.05) is 0 Å². The van der Waals surface area contributed by atoms with Crippen molar-refractivity contribution >= 4 is 50.8 Å². The summed E-state index contributed by atoms with van der Waals surface area (Å²) < 4.78 is 1.23. The van der Waals surface area contributed by atoms with E-state index in [1.165, 1.54) is 75.2 Å². The van der Waals surface area contributed by atoms with Crippen LogP contribution in [0, 0.1) is 27.7 Å². The largest absolute Gasteiger partial charge is 0.242 e. The summed E-state index contributed by atoms with van der Waals surface area (Å²) in [4.78, 5) is 2.68. The van der Waals surface area contributed by atoms with E-state index in [1.807, 2.05) is 11.8 Å². The molecule has 1 heterocycles. The molecule has 1 aliphatic heterocycles. The van der Waals surface area contributed by atoms with Crippen molar-refractivity contribution in [2.24, 2.45) is 0 Å². The number of hydrogen-bond acceptors (Lipinski definition) is 1. The lowest BCUT2D eigenvalue weighted by Gasteiger charge is -2.31. The van der Waals surface area contributed by atoms with Crippen molar-refractivity contribution in [3.63, 3.8) is 0 Å². The summed E-state index contributed by atoms with van der Waals surface area (Å²) in [5.41, 5.74) is 15.7. The Labute approximate surface area is 203 Å². The molecule has 0 radical (unpaired) electrons. The Morgan fingerprint density at radius 3 is 1.81 bits per heavy atom. The lowest BCUT2D eigenvalue weighted by atomic mass is 9.32. The summed E-state index contributed by atoms with van der Waals surface area (Å²) in [6, 6.07) is 23.3. The maximum absolute atomic E-state index is 3.58. The van der Waals surface area contributed by atoms with E-state index in [2.05, 4.69) is 104 Å². The fourth-order valence-corrected chi connectivity index (χ4v) is 7.23. The zero-order chi connectivity index (χ0) is 22.1. The Morgan fingerprint density at radius 1 is 0.719 bits per heavy atom. The summed E-state index contributed by atoms with van der Waals surface area (Å²) in [7, 11) is 0. The van der Waals surface area contributed by atoms with Gasteiger partial charge in [-0.25, -0.2) is 0 Å². The first kappa shape index (κ1) is 20.4. The second-order valence-corrected chi connectivity index (χ2v) is 11.4. The number of aryl methyl sites for hydroxylation is 4. The number of hydrogen-bond donors (Lipinski definition) is 0. The monoisotopic (exact) mass is 494 g/mol. The van der Waals surface area contributed by atoms with E-state index in [0.717, 1.165) is 6.42 Å². The van der Waals surface area contributed by atoms with Crippen LogP contribution in [-0.4, -0.2) is 6.71 Å². The minimum Gasteiger partial charge on any atom is -0.0894 e. The van der Waals surface area contributed by atoms with Gasteiger partial charge in [-0.05, 0) is 80.6 Å². The van der Waals surface area contributed by atoms with Gasteiger partial charge in [0, 0.05) is 14.3 Å². The van der Waals surface area contributed by atoms with Crippen molar-refractivity contribution < 1.29 is 0 Å². The normalized spacial score (nSPS) is 13.1. The van der Waals surface area contributed by atoms with Gasteiger partial charge in [0.2, 0.25) is 6.71 Å². The molecular formula is C29H24BBrS. The van der Waals surface area contributed by atoms with Crippen LogP contribution in [0.15, 0.2) is 74.9 Å². The smallest absolute Gasteiger partial charge is 0.0894 e. The van der Waals surface area contributed by atoms with E-state index in [0.29, 0.717) is 6.71 Å². The molecule has 0 amide bonds. The first-order chi connectivity index (χ1) is 15.4. The van der Waals surface area contributed by atoms with Gasteiger partial charge in [-0.3, -0.25) is 0 Å². The molecule has 0 atom stereocenters. The fraction of sp³-hybridized carbons (Fsp3) is 0.172. The van der Waals surface area contributed by atoms with Crippen molar-refractivity contribution in [3.05, 3.63) is 98.5 Å². The maximum atomic E-state index is 3.58. The molecule has 32 heavy (non-hydrogen) atoms. The SMILES string of the molecule is Cc1cc(C)c2c(c1)Cc1cc(C)cc(C)c1B2c1ccc(Sc2cc3c(Br)cc2-3)cc1. The molecule has 3 aliphatic rings. The summed E-state index contributed by atoms with van der Waals surface area (Å²) in [5, 5.41) is 0. The van der Waals surface area contributed by atoms with E-state index in [1.54, 1.807) is 0 Å². The molecule has 3 aromatic carbocycles. The molecular weight excluding hydrogens is 471 g/mol. The van der Waals surface area contributed by atoms with Gasteiger partial charge in [0.1, 0.15) is 0 Å². The quantitative estimate of drug-likeness (QED) is 0.262. The maximum Gasteiger partial charge on any atom is 0.242 e. The number of fused-ring (bicyclic) bond motifs is 3. The standard InChI is InChI=1S/C29H24BBrS/c1-16-9-18(3)28-20(11-16)13-21-12-17(2)10-19(4)29(21)30(28)22-5-7-23(8-6-22)32-27-15-24-25(27)14-26(24)31/h5-12,14-15H,13H2,1-4H3. The predicted molar refractivity (Wildman–Crippen MR) is 143 cm³/mol. The van der Waals surface area contributed by atoms with E-state index < -0.39 is 0 Å². The van der Waals surface area contributed by atoms with Gasteiger partial charge in [0.25, 0.3) is 0 Å². The zero-order valence-corrected chi connectivity index (χ0v) is 21.2. The molecule has 0 N–H and O–H groups in total. The van der Waals surface area contributed by atoms with Crippen LogP contribution in [0.1, 0.15) is 33.4 Å². The first-order valence-electron chi connectivity index (χ1n) is 11.2. The van der Waals surface area contributed by atoms with E-state index in [9.17, 15) is 0 Å². The second-order valence-electron chi connectivity index (χ2n) is 9.42. The fourth-order valence-electron chi connectivity index (χ4n) is 5.69. The molecule has 3 aromatic rings. The second kappa shape index (κ2) is 7.40. The molecule has 0 aromatic heterocycles. The number of halogens is 1. The van der Waals surface area contributed by atoms with Crippen LogP contribution in [0.2, 0.25) is 0 Å². The van der Waals surface area contributed by atoms with Gasteiger partial charge in [0.05, 0.1) is 0 Å². The Hall–Kier alpha value is -2.23. The summed E-state index contributed by atoms with van der Waals surface area (Å²) in [5.74, 6) is 0. The van der Waals surface area contributed by atoms with Gasteiger partial charge in [-0.1, -0.05) is 103 Å². The van der Waals surface area contributed by atoms with Crippen molar-refractivity contribution in [1.29, 1.82) is 0 Å². The molecule has 0 saturated carbocycles. The Morgan fingerprint density at radius 2 is 1.31 bits per heavy atom. The lowest BCUT2D eigenvalue weighted by molar-refractivity contribution is 1.16. The van der Waals surface area contributed by atoms with Gasteiger partial charge in [-0.15, -0.1) is 0 Å². The highest BCUT2D eigenvalue weighted by Gasteiger charge is 2.33. The van der Waals surface area contributed by atoms with Crippen LogP contribution < -0.4 is 16.4 Å². The average molecular weight is 495 g/mol. The minimum atomic E-state index is 0.303. The van der Waals surface area contributed by atoms with Gasteiger partial charge >= 0.3 is 0 Å². The molecule has 6 rings (SSSR count). The van der Waals surface area contributed by atoms with Gasteiger partial charge < -0.3 is 0 Å². The summed E-state index contributed by atoms with van der Waals surface area (Å²) in [6.07, 6.45) is 1.04. The minimum absolute atomic E-state index is 0.303.